The molecule has 1 aliphatic rings. The van der Waals surface area contributed by atoms with E-state index in [1.807, 2.05) is 6.07 Å². The van der Waals surface area contributed by atoms with E-state index in [-0.39, 0.29) is 5.82 Å². The van der Waals surface area contributed by atoms with E-state index in [0.717, 1.165) is 31.0 Å². The lowest BCUT2D eigenvalue weighted by atomic mass is 10.2. The normalized spacial score (nSPS) is 14.8. The highest BCUT2D eigenvalue weighted by Crippen LogP contribution is 2.14. The summed E-state index contributed by atoms with van der Waals surface area (Å²) >= 11 is 0. The Bertz CT molecular complexity index is 709. The maximum absolute atomic E-state index is 13.7. The lowest BCUT2D eigenvalue weighted by Crippen LogP contribution is -2.37. The standard InChI is InChI=1S/C17H23FN6/c1-19-17(20-11-13-7-4-5-8-14(13)18)21-12-16-23-22-15-9-3-2-6-10-24(15)16/h4-5,7-8H,2-3,6,9-12H2,1H3,(H2,19,20,21). The second-order valence-corrected chi connectivity index (χ2v) is 5.87. The fourth-order valence-corrected chi connectivity index (χ4v) is 2.88. The van der Waals surface area contributed by atoms with Gasteiger partial charge in [-0.2, -0.15) is 0 Å². The molecular weight excluding hydrogens is 307 g/mol. The Kier molecular flexibility index (Phi) is 5.40. The fraction of sp³-hybridized carbons (Fsp3) is 0.471. The monoisotopic (exact) mass is 330 g/mol. The topological polar surface area (TPSA) is 67.1 Å². The van der Waals surface area contributed by atoms with E-state index in [9.17, 15) is 4.39 Å². The van der Waals surface area contributed by atoms with Crippen molar-refractivity contribution in [1.82, 2.24) is 25.4 Å². The first-order chi connectivity index (χ1) is 11.8. The fourth-order valence-electron chi connectivity index (χ4n) is 2.88. The van der Waals surface area contributed by atoms with E-state index in [4.69, 9.17) is 0 Å². The molecule has 0 fully saturated rings. The molecule has 6 nitrogen and oxygen atoms in total. The van der Waals surface area contributed by atoms with E-state index in [0.29, 0.717) is 24.6 Å². The number of halogens is 1. The molecule has 0 aliphatic carbocycles. The summed E-state index contributed by atoms with van der Waals surface area (Å²) in [4.78, 5) is 4.18. The van der Waals surface area contributed by atoms with Gasteiger partial charge in [-0.25, -0.2) is 4.39 Å². The molecule has 0 radical (unpaired) electrons. The average molecular weight is 330 g/mol. The van der Waals surface area contributed by atoms with Crippen molar-refractivity contribution in [3.05, 3.63) is 47.3 Å². The maximum Gasteiger partial charge on any atom is 0.191 e. The van der Waals surface area contributed by atoms with Crippen molar-refractivity contribution < 1.29 is 4.39 Å². The van der Waals surface area contributed by atoms with Gasteiger partial charge in [-0.1, -0.05) is 24.6 Å². The average Bonchev–Trinajstić information content (AvgIpc) is 2.83. The van der Waals surface area contributed by atoms with Crippen LogP contribution in [0.5, 0.6) is 0 Å². The minimum atomic E-state index is -0.219. The number of nitrogens with zero attached hydrogens (tertiary/aromatic N) is 4. The SMILES string of the molecule is CN=C(NCc1ccccc1F)NCc1nnc2n1CCCCC2. The summed E-state index contributed by atoms with van der Waals surface area (Å²) in [6.07, 6.45) is 4.57. The molecule has 2 heterocycles. The lowest BCUT2D eigenvalue weighted by Gasteiger charge is -2.13. The molecular formula is C17H23FN6. The molecule has 1 aliphatic heterocycles. The molecule has 1 aromatic heterocycles. The van der Waals surface area contributed by atoms with Gasteiger partial charge in [0, 0.05) is 32.1 Å². The van der Waals surface area contributed by atoms with Crippen molar-refractivity contribution in [2.24, 2.45) is 4.99 Å². The lowest BCUT2D eigenvalue weighted by molar-refractivity contribution is 0.593. The first kappa shape index (κ1) is 16.4. The zero-order chi connectivity index (χ0) is 16.8. The number of benzene rings is 1. The molecule has 2 N–H and O–H groups in total. The van der Waals surface area contributed by atoms with Crippen molar-refractivity contribution in [3.63, 3.8) is 0 Å². The molecule has 128 valence electrons. The molecule has 7 heteroatoms. The van der Waals surface area contributed by atoms with Crippen LogP contribution < -0.4 is 10.6 Å². The number of nitrogens with one attached hydrogen (secondary N) is 2. The minimum Gasteiger partial charge on any atom is -0.352 e. The molecule has 0 saturated heterocycles. The Balaban J connectivity index is 1.57. The van der Waals surface area contributed by atoms with E-state index in [1.54, 1.807) is 19.2 Å². The predicted molar refractivity (Wildman–Crippen MR) is 91.0 cm³/mol. The van der Waals surface area contributed by atoms with Crippen LogP contribution in [-0.4, -0.2) is 27.8 Å². The van der Waals surface area contributed by atoms with Gasteiger partial charge in [0.25, 0.3) is 0 Å². The van der Waals surface area contributed by atoms with Gasteiger partial charge in [0.1, 0.15) is 11.6 Å². The summed E-state index contributed by atoms with van der Waals surface area (Å²) in [5, 5.41) is 14.9. The van der Waals surface area contributed by atoms with Crippen LogP contribution in [-0.2, 0) is 26.1 Å². The molecule has 24 heavy (non-hydrogen) atoms. The van der Waals surface area contributed by atoms with Crippen LogP contribution in [0.15, 0.2) is 29.3 Å². The van der Waals surface area contributed by atoms with Gasteiger partial charge in [-0.3, -0.25) is 4.99 Å². The van der Waals surface area contributed by atoms with E-state index in [1.165, 1.54) is 18.9 Å². The van der Waals surface area contributed by atoms with Gasteiger partial charge < -0.3 is 15.2 Å². The largest absolute Gasteiger partial charge is 0.352 e. The number of aryl methyl sites for hydroxylation is 1. The first-order valence-corrected chi connectivity index (χ1v) is 8.37. The van der Waals surface area contributed by atoms with Crippen LogP contribution in [0.25, 0.3) is 0 Å². The van der Waals surface area contributed by atoms with Crippen LogP contribution in [0.3, 0.4) is 0 Å². The second-order valence-electron chi connectivity index (χ2n) is 5.87. The Morgan fingerprint density at radius 2 is 2.00 bits per heavy atom. The van der Waals surface area contributed by atoms with E-state index in [2.05, 4.69) is 30.4 Å². The van der Waals surface area contributed by atoms with Gasteiger partial charge in [0.05, 0.1) is 6.54 Å². The van der Waals surface area contributed by atoms with Crippen molar-refractivity contribution in [2.75, 3.05) is 7.05 Å². The van der Waals surface area contributed by atoms with Gasteiger partial charge in [-0.15, -0.1) is 10.2 Å². The third-order valence-corrected chi connectivity index (χ3v) is 4.23. The molecule has 0 spiro atoms. The number of hydrogen-bond acceptors (Lipinski definition) is 3. The summed E-state index contributed by atoms with van der Waals surface area (Å²) in [7, 11) is 1.70. The number of rotatable bonds is 4. The predicted octanol–water partition coefficient (Wildman–Crippen LogP) is 2.01. The molecule has 0 saturated carbocycles. The van der Waals surface area contributed by atoms with Crippen LogP contribution in [0.2, 0.25) is 0 Å². The summed E-state index contributed by atoms with van der Waals surface area (Å²) in [5.74, 6) is 2.38. The number of aliphatic imine (C=N–C) groups is 1. The zero-order valence-electron chi connectivity index (χ0n) is 13.9. The van der Waals surface area contributed by atoms with Crippen LogP contribution in [0, 0.1) is 5.82 Å². The van der Waals surface area contributed by atoms with Crippen LogP contribution >= 0.6 is 0 Å². The number of guanidine groups is 1. The van der Waals surface area contributed by atoms with Crippen LogP contribution in [0.1, 0.15) is 36.5 Å². The first-order valence-electron chi connectivity index (χ1n) is 8.37. The zero-order valence-corrected chi connectivity index (χ0v) is 13.9. The second kappa shape index (κ2) is 7.90. The molecule has 0 bridgehead atoms. The third kappa shape index (κ3) is 3.90. The van der Waals surface area contributed by atoms with Gasteiger partial charge in [0.15, 0.2) is 11.8 Å². The molecule has 0 atom stereocenters. The Morgan fingerprint density at radius 3 is 2.83 bits per heavy atom. The maximum atomic E-state index is 13.7. The van der Waals surface area contributed by atoms with Gasteiger partial charge in [-0.05, 0) is 18.9 Å². The van der Waals surface area contributed by atoms with Crippen LogP contribution in [0.4, 0.5) is 4.39 Å². The van der Waals surface area contributed by atoms with E-state index < -0.39 is 0 Å². The number of hydrogen-bond donors (Lipinski definition) is 2. The molecule has 2 aromatic rings. The third-order valence-electron chi connectivity index (χ3n) is 4.23. The van der Waals surface area contributed by atoms with Crippen molar-refractivity contribution in [2.45, 2.75) is 45.3 Å². The highest BCUT2D eigenvalue weighted by Gasteiger charge is 2.14. The number of aromatic nitrogens is 3. The molecule has 3 rings (SSSR count). The van der Waals surface area contributed by atoms with Gasteiger partial charge in [0.2, 0.25) is 0 Å². The van der Waals surface area contributed by atoms with Gasteiger partial charge >= 0.3 is 0 Å². The highest BCUT2D eigenvalue weighted by atomic mass is 19.1. The Hall–Kier alpha value is -2.44. The Labute approximate surface area is 141 Å². The molecule has 0 amide bonds. The summed E-state index contributed by atoms with van der Waals surface area (Å²) < 4.78 is 15.9. The number of fused-ring (bicyclic) bond motifs is 1. The smallest absolute Gasteiger partial charge is 0.191 e. The molecule has 0 unspecified atom stereocenters. The van der Waals surface area contributed by atoms with E-state index >= 15 is 0 Å². The summed E-state index contributed by atoms with van der Waals surface area (Å²) in [6, 6.07) is 6.72. The highest BCUT2D eigenvalue weighted by molar-refractivity contribution is 5.79. The van der Waals surface area contributed by atoms with Crippen molar-refractivity contribution >= 4 is 5.96 Å². The van der Waals surface area contributed by atoms with Crippen molar-refractivity contribution in [3.8, 4) is 0 Å². The summed E-state index contributed by atoms with van der Waals surface area (Å²) in [6.45, 7) is 1.90. The Morgan fingerprint density at radius 1 is 1.17 bits per heavy atom. The van der Waals surface area contributed by atoms with Crippen molar-refractivity contribution in [1.29, 1.82) is 0 Å². The quantitative estimate of drug-likeness (QED) is 0.665. The summed E-state index contributed by atoms with van der Waals surface area (Å²) in [5.41, 5.74) is 0.608. The minimum absolute atomic E-state index is 0.219. The molecule has 1 aromatic carbocycles.